The largest absolute Gasteiger partial charge is 0.366 e. The number of hydrogen-bond acceptors (Lipinski definition) is 7. The molecule has 1 amide bonds. The predicted molar refractivity (Wildman–Crippen MR) is 105 cm³/mol. The Bertz CT molecular complexity index is 1040. The number of nitrogens with zero attached hydrogens (tertiary/aromatic N) is 4. The number of aryl methyl sites for hydroxylation is 1. The van der Waals surface area contributed by atoms with Gasteiger partial charge in [0.05, 0.1) is 22.3 Å². The van der Waals surface area contributed by atoms with Crippen LogP contribution in [0.5, 0.6) is 0 Å². The van der Waals surface area contributed by atoms with E-state index in [1.165, 1.54) is 6.07 Å². The van der Waals surface area contributed by atoms with E-state index in [2.05, 4.69) is 14.1 Å². The van der Waals surface area contributed by atoms with Gasteiger partial charge in [-0.1, -0.05) is 6.07 Å². The maximum absolute atomic E-state index is 12.7. The van der Waals surface area contributed by atoms with E-state index in [9.17, 15) is 14.9 Å². The highest BCUT2D eigenvalue weighted by Gasteiger charge is 2.24. The number of anilines is 2. The van der Waals surface area contributed by atoms with Gasteiger partial charge in [-0.25, -0.2) is 0 Å². The number of benzene rings is 2. The molecule has 138 valence electrons. The average Bonchev–Trinajstić information content (AvgIpc) is 3.35. The van der Waals surface area contributed by atoms with E-state index in [-0.39, 0.29) is 11.3 Å². The van der Waals surface area contributed by atoms with Gasteiger partial charge in [-0.3, -0.25) is 14.9 Å². The molecule has 1 saturated heterocycles. The molecule has 1 aromatic heterocycles. The molecule has 1 aliphatic heterocycles. The van der Waals surface area contributed by atoms with E-state index in [0.29, 0.717) is 22.4 Å². The molecule has 0 bridgehead atoms. The summed E-state index contributed by atoms with van der Waals surface area (Å²) >= 11 is 1.07. The zero-order chi connectivity index (χ0) is 19.0. The highest BCUT2D eigenvalue weighted by molar-refractivity contribution is 7.00. The van der Waals surface area contributed by atoms with Gasteiger partial charge in [0, 0.05) is 24.7 Å². The molecule has 3 aromatic rings. The van der Waals surface area contributed by atoms with E-state index in [4.69, 9.17) is 0 Å². The van der Waals surface area contributed by atoms with E-state index in [1.807, 2.05) is 24.0 Å². The summed E-state index contributed by atoms with van der Waals surface area (Å²) in [6.07, 6.45) is 2.04. The molecule has 2 heterocycles. The van der Waals surface area contributed by atoms with E-state index in [1.54, 1.807) is 12.1 Å². The summed E-state index contributed by atoms with van der Waals surface area (Å²) in [5.74, 6) is -0.408. The Labute approximate surface area is 159 Å². The van der Waals surface area contributed by atoms with Gasteiger partial charge in [-0.05, 0) is 43.5 Å². The van der Waals surface area contributed by atoms with Crippen LogP contribution < -0.4 is 10.2 Å². The van der Waals surface area contributed by atoms with Gasteiger partial charge in [0.25, 0.3) is 11.6 Å². The first-order valence-corrected chi connectivity index (χ1v) is 9.34. The van der Waals surface area contributed by atoms with E-state index >= 15 is 0 Å². The van der Waals surface area contributed by atoms with Gasteiger partial charge < -0.3 is 10.2 Å². The SMILES string of the molecule is Cc1ccc2nsnc2c1NC(=O)c1ccc(N2CCCC2)c([N+](=O)[O-])c1. The number of carbonyl (C=O) groups excluding carboxylic acids is 1. The molecule has 0 saturated carbocycles. The van der Waals surface area contributed by atoms with Crippen molar-refractivity contribution in [2.75, 3.05) is 23.3 Å². The van der Waals surface area contributed by atoms with Crippen LogP contribution in [-0.4, -0.2) is 32.7 Å². The molecule has 0 aliphatic carbocycles. The first-order valence-electron chi connectivity index (χ1n) is 8.61. The molecule has 0 radical (unpaired) electrons. The monoisotopic (exact) mass is 383 g/mol. The number of carbonyl (C=O) groups is 1. The number of fused-ring (bicyclic) bond motifs is 1. The molecule has 2 aromatic carbocycles. The zero-order valence-corrected chi connectivity index (χ0v) is 15.5. The molecular weight excluding hydrogens is 366 g/mol. The molecule has 0 atom stereocenters. The molecular formula is C18H17N5O3S. The first-order chi connectivity index (χ1) is 13.0. The van der Waals surface area contributed by atoms with E-state index < -0.39 is 10.8 Å². The highest BCUT2D eigenvalue weighted by atomic mass is 32.1. The van der Waals surface area contributed by atoms with Crippen LogP contribution in [0.4, 0.5) is 17.1 Å². The number of nitrogens with one attached hydrogen (secondary N) is 1. The smallest absolute Gasteiger partial charge is 0.293 e. The van der Waals surface area contributed by atoms with Gasteiger partial charge >= 0.3 is 0 Å². The van der Waals surface area contributed by atoms with Crippen LogP contribution >= 0.6 is 11.7 Å². The number of aromatic nitrogens is 2. The van der Waals surface area contributed by atoms with Crippen molar-refractivity contribution in [1.29, 1.82) is 0 Å². The van der Waals surface area contributed by atoms with Gasteiger partial charge in [-0.15, -0.1) is 0 Å². The van der Waals surface area contributed by atoms with Crippen LogP contribution in [0.25, 0.3) is 11.0 Å². The summed E-state index contributed by atoms with van der Waals surface area (Å²) in [5, 5.41) is 14.4. The van der Waals surface area contributed by atoms with Gasteiger partial charge in [-0.2, -0.15) is 8.75 Å². The lowest BCUT2D eigenvalue weighted by Crippen LogP contribution is -2.20. The lowest BCUT2D eigenvalue weighted by molar-refractivity contribution is -0.384. The van der Waals surface area contributed by atoms with Crippen molar-refractivity contribution in [3.63, 3.8) is 0 Å². The summed E-state index contributed by atoms with van der Waals surface area (Å²) in [6.45, 7) is 3.46. The number of nitro groups is 1. The minimum atomic E-state index is -0.430. The topological polar surface area (TPSA) is 101 Å². The summed E-state index contributed by atoms with van der Waals surface area (Å²) in [5.41, 5.74) is 3.52. The summed E-state index contributed by atoms with van der Waals surface area (Å²) in [4.78, 5) is 25.8. The maximum Gasteiger partial charge on any atom is 0.293 e. The van der Waals surface area contributed by atoms with Gasteiger partial charge in [0.1, 0.15) is 16.7 Å². The summed E-state index contributed by atoms with van der Waals surface area (Å²) in [7, 11) is 0. The second-order valence-electron chi connectivity index (χ2n) is 6.50. The molecule has 1 aliphatic rings. The Morgan fingerprint density at radius 2 is 2.00 bits per heavy atom. The summed E-state index contributed by atoms with van der Waals surface area (Å²) < 4.78 is 8.42. The third-order valence-electron chi connectivity index (χ3n) is 4.76. The molecule has 8 nitrogen and oxygen atoms in total. The van der Waals surface area contributed by atoms with Crippen LogP contribution in [0.1, 0.15) is 28.8 Å². The zero-order valence-electron chi connectivity index (χ0n) is 14.6. The number of rotatable bonds is 4. The normalized spacial score (nSPS) is 13.9. The molecule has 0 unspecified atom stereocenters. The summed E-state index contributed by atoms with van der Waals surface area (Å²) in [6, 6.07) is 8.34. The van der Waals surface area contributed by atoms with Crippen molar-refractivity contribution in [2.24, 2.45) is 0 Å². The Hall–Kier alpha value is -3.07. The fourth-order valence-electron chi connectivity index (χ4n) is 3.33. The second kappa shape index (κ2) is 6.92. The second-order valence-corrected chi connectivity index (χ2v) is 7.03. The minimum Gasteiger partial charge on any atom is -0.366 e. The van der Waals surface area contributed by atoms with Crippen LogP contribution in [-0.2, 0) is 0 Å². The molecule has 1 N–H and O–H groups in total. The quantitative estimate of drug-likeness (QED) is 0.544. The fourth-order valence-corrected chi connectivity index (χ4v) is 3.87. The minimum absolute atomic E-state index is 0.0465. The first kappa shape index (κ1) is 17.3. The Morgan fingerprint density at radius 1 is 1.22 bits per heavy atom. The standard InChI is InChI=1S/C18H17N5O3S/c1-11-4-6-13-17(21-27-20-13)16(11)19-18(24)12-5-7-14(15(10-12)23(25)26)22-8-2-3-9-22/h4-7,10H,2-3,8-9H2,1H3,(H,19,24). The van der Waals surface area contributed by atoms with Crippen LogP contribution in [0.2, 0.25) is 0 Å². The average molecular weight is 383 g/mol. The van der Waals surface area contributed by atoms with Crippen LogP contribution in [0.3, 0.4) is 0 Å². The maximum atomic E-state index is 12.7. The molecule has 4 rings (SSSR count). The predicted octanol–water partition coefficient (Wildman–Crippen LogP) is 3.76. The molecule has 1 fully saturated rings. The molecule has 27 heavy (non-hydrogen) atoms. The lowest BCUT2D eigenvalue weighted by atomic mass is 10.1. The van der Waals surface area contributed by atoms with Crippen molar-refractivity contribution in [3.05, 3.63) is 51.6 Å². The van der Waals surface area contributed by atoms with Crippen LogP contribution in [0, 0.1) is 17.0 Å². The van der Waals surface area contributed by atoms with Crippen LogP contribution in [0.15, 0.2) is 30.3 Å². The fraction of sp³-hybridized carbons (Fsp3) is 0.278. The van der Waals surface area contributed by atoms with Crippen molar-refractivity contribution < 1.29 is 9.72 Å². The number of hydrogen-bond donors (Lipinski definition) is 1. The third-order valence-corrected chi connectivity index (χ3v) is 5.30. The van der Waals surface area contributed by atoms with Crippen molar-refractivity contribution in [1.82, 2.24) is 8.75 Å². The van der Waals surface area contributed by atoms with Gasteiger partial charge in [0.15, 0.2) is 0 Å². The third kappa shape index (κ3) is 3.21. The molecule has 9 heteroatoms. The molecule has 0 spiro atoms. The van der Waals surface area contributed by atoms with Gasteiger partial charge in [0.2, 0.25) is 0 Å². The highest BCUT2D eigenvalue weighted by Crippen LogP contribution is 2.32. The van der Waals surface area contributed by atoms with Crippen molar-refractivity contribution in [2.45, 2.75) is 19.8 Å². The Balaban J connectivity index is 1.67. The van der Waals surface area contributed by atoms with Crippen molar-refractivity contribution in [3.8, 4) is 0 Å². The number of nitro benzene ring substituents is 1. The number of amides is 1. The Morgan fingerprint density at radius 3 is 2.74 bits per heavy atom. The Kier molecular flexibility index (Phi) is 4.44. The van der Waals surface area contributed by atoms with Crippen molar-refractivity contribution >= 4 is 45.7 Å². The van der Waals surface area contributed by atoms with E-state index in [0.717, 1.165) is 43.2 Å². The lowest BCUT2D eigenvalue weighted by Gasteiger charge is -2.18.